The SMILES string of the molecule is CCCCc1cc(C)c2c(c1)CC(C)c1ccc(C)cc1-2. The Labute approximate surface area is 129 Å². The molecule has 0 bridgehead atoms. The first-order valence-corrected chi connectivity index (χ1v) is 8.33. The van der Waals surface area contributed by atoms with Crippen LogP contribution in [0.5, 0.6) is 0 Å². The average Bonchev–Trinajstić information content (AvgIpc) is 2.44. The highest BCUT2D eigenvalue weighted by molar-refractivity contribution is 5.77. The van der Waals surface area contributed by atoms with Gasteiger partial charge < -0.3 is 0 Å². The standard InChI is InChI=1S/C21H26/c1-5-6-7-17-11-16(4)21-18(13-17)12-15(3)19-9-8-14(2)10-20(19)21/h8-11,13,15H,5-7,12H2,1-4H3. The van der Waals surface area contributed by atoms with Crippen LogP contribution >= 0.6 is 0 Å². The third kappa shape index (κ3) is 2.64. The van der Waals surface area contributed by atoms with E-state index in [-0.39, 0.29) is 0 Å². The monoisotopic (exact) mass is 278 g/mol. The molecule has 1 aliphatic rings. The number of fused-ring (bicyclic) bond motifs is 3. The molecule has 0 amide bonds. The molecule has 0 radical (unpaired) electrons. The van der Waals surface area contributed by atoms with E-state index in [4.69, 9.17) is 0 Å². The molecule has 0 N–H and O–H groups in total. The highest BCUT2D eigenvalue weighted by Gasteiger charge is 2.23. The van der Waals surface area contributed by atoms with E-state index in [1.165, 1.54) is 59.1 Å². The molecule has 21 heavy (non-hydrogen) atoms. The van der Waals surface area contributed by atoms with Gasteiger partial charge in [-0.15, -0.1) is 0 Å². The second kappa shape index (κ2) is 5.67. The molecule has 3 rings (SSSR count). The van der Waals surface area contributed by atoms with Crippen molar-refractivity contribution < 1.29 is 0 Å². The topological polar surface area (TPSA) is 0 Å². The zero-order valence-corrected chi connectivity index (χ0v) is 13.8. The Hall–Kier alpha value is -1.56. The zero-order valence-electron chi connectivity index (χ0n) is 13.8. The van der Waals surface area contributed by atoms with E-state index in [0.29, 0.717) is 5.92 Å². The number of hydrogen-bond donors (Lipinski definition) is 0. The van der Waals surface area contributed by atoms with Crippen LogP contribution in [0, 0.1) is 13.8 Å². The maximum atomic E-state index is 2.47. The average molecular weight is 278 g/mol. The highest BCUT2D eigenvalue weighted by Crippen LogP contribution is 2.42. The molecule has 0 saturated carbocycles. The molecule has 2 aromatic rings. The van der Waals surface area contributed by atoms with Gasteiger partial charge in [0, 0.05) is 0 Å². The quantitative estimate of drug-likeness (QED) is 0.648. The summed E-state index contributed by atoms with van der Waals surface area (Å²) < 4.78 is 0. The van der Waals surface area contributed by atoms with Crippen LogP contribution in [0.2, 0.25) is 0 Å². The van der Waals surface area contributed by atoms with E-state index < -0.39 is 0 Å². The largest absolute Gasteiger partial charge is 0.0654 e. The second-order valence-electron chi connectivity index (χ2n) is 6.75. The number of hydrogen-bond acceptors (Lipinski definition) is 0. The van der Waals surface area contributed by atoms with Crippen molar-refractivity contribution in [1.82, 2.24) is 0 Å². The van der Waals surface area contributed by atoms with Crippen molar-refractivity contribution in [3.8, 4) is 11.1 Å². The number of unbranched alkanes of at least 4 members (excludes halogenated alkanes) is 1. The van der Waals surface area contributed by atoms with Crippen LogP contribution in [-0.2, 0) is 12.8 Å². The van der Waals surface area contributed by atoms with Crippen LogP contribution < -0.4 is 0 Å². The Morgan fingerprint density at radius 2 is 1.90 bits per heavy atom. The molecule has 0 fully saturated rings. The summed E-state index contributed by atoms with van der Waals surface area (Å²) in [5.74, 6) is 0.633. The van der Waals surface area contributed by atoms with Gasteiger partial charge in [0.05, 0.1) is 0 Å². The Balaban J connectivity index is 2.13. The maximum Gasteiger partial charge on any atom is -0.0119 e. The van der Waals surface area contributed by atoms with Gasteiger partial charge in [-0.2, -0.15) is 0 Å². The Kier molecular flexibility index (Phi) is 3.89. The van der Waals surface area contributed by atoms with E-state index in [9.17, 15) is 0 Å². The first-order chi connectivity index (χ1) is 10.1. The number of benzene rings is 2. The maximum absolute atomic E-state index is 2.47. The lowest BCUT2D eigenvalue weighted by Gasteiger charge is -2.28. The van der Waals surface area contributed by atoms with Crippen LogP contribution in [0.25, 0.3) is 11.1 Å². The molecule has 1 atom stereocenters. The van der Waals surface area contributed by atoms with Crippen molar-refractivity contribution in [2.45, 2.75) is 59.3 Å². The molecule has 1 aliphatic carbocycles. The molecule has 0 aromatic heterocycles. The Morgan fingerprint density at radius 1 is 1.10 bits per heavy atom. The second-order valence-corrected chi connectivity index (χ2v) is 6.75. The third-order valence-corrected chi connectivity index (χ3v) is 4.83. The van der Waals surface area contributed by atoms with Crippen molar-refractivity contribution in [3.63, 3.8) is 0 Å². The summed E-state index contributed by atoms with van der Waals surface area (Å²) >= 11 is 0. The predicted molar refractivity (Wildman–Crippen MR) is 92.1 cm³/mol. The molecule has 0 heterocycles. The number of rotatable bonds is 3. The van der Waals surface area contributed by atoms with Crippen LogP contribution in [0.15, 0.2) is 30.3 Å². The van der Waals surface area contributed by atoms with Gasteiger partial charge >= 0.3 is 0 Å². The molecule has 0 nitrogen and oxygen atoms in total. The summed E-state index contributed by atoms with van der Waals surface area (Å²) in [5.41, 5.74) is 10.4. The molecule has 110 valence electrons. The highest BCUT2D eigenvalue weighted by atomic mass is 14.3. The third-order valence-electron chi connectivity index (χ3n) is 4.83. The molecule has 1 unspecified atom stereocenters. The molecule has 0 spiro atoms. The molecule has 0 saturated heterocycles. The lowest BCUT2D eigenvalue weighted by molar-refractivity contribution is 0.742. The van der Waals surface area contributed by atoms with Crippen LogP contribution in [-0.4, -0.2) is 0 Å². The van der Waals surface area contributed by atoms with Gasteiger partial charge in [0.25, 0.3) is 0 Å². The van der Waals surface area contributed by atoms with Crippen molar-refractivity contribution in [1.29, 1.82) is 0 Å². The summed E-state index contributed by atoms with van der Waals surface area (Å²) in [5, 5.41) is 0. The Morgan fingerprint density at radius 3 is 2.67 bits per heavy atom. The van der Waals surface area contributed by atoms with Gasteiger partial charge in [0.15, 0.2) is 0 Å². The van der Waals surface area contributed by atoms with Crippen LogP contribution in [0.4, 0.5) is 0 Å². The van der Waals surface area contributed by atoms with Gasteiger partial charge in [-0.05, 0) is 72.4 Å². The predicted octanol–water partition coefficient (Wildman–Crippen LogP) is 5.97. The fraction of sp³-hybridized carbons (Fsp3) is 0.429. The fourth-order valence-electron chi connectivity index (χ4n) is 3.77. The van der Waals surface area contributed by atoms with E-state index in [1.54, 1.807) is 5.56 Å². The normalized spacial score (nSPS) is 16.5. The van der Waals surface area contributed by atoms with Crippen LogP contribution in [0.3, 0.4) is 0 Å². The molecule has 2 aromatic carbocycles. The summed E-state index contributed by atoms with van der Waals surface area (Å²) in [6.07, 6.45) is 4.98. The molecular weight excluding hydrogens is 252 g/mol. The summed E-state index contributed by atoms with van der Waals surface area (Å²) in [6, 6.07) is 11.9. The Bertz CT molecular complexity index is 664. The lowest BCUT2D eigenvalue weighted by Crippen LogP contribution is -2.10. The van der Waals surface area contributed by atoms with E-state index in [2.05, 4.69) is 58.0 Å². The molecule has 0 heteroatoms. The van der Waals surface area contributed by atoms with Gasteiger partial charge in [0.2, 0.25) is 0 Å². The van der Waals surface area contributed by atoms with Crippen LogP contribution in [0.1, 0.15) is 60.4 Å². The van der Waals surface area contributed by atoms with Gasteiger partial charge in [-0.1, -0.05) is 56.2 Å². The van der Waals surface area contributed by atoms with Crippen molar-refractivity contribution >= 4 is 0 Å². The van der Waals surface area contributed by atoms with E-state index in [0.717, 1.165) is 0 Å². The minimum absolute atomic E-state index is 0.633. The van der Waals surface area contributed by atoms with Gasteiger partial charge in [-0.3, -0.25) is 0 Å². The van der Waals surface area contributed by atoms with Crippen molar-refractivity contribution in [2.75, 3.05) is 0 Å². The summed E-state index contributed by atoms with van der Waals surface area (Å²) in [6.45, 7) is 9.12. The molecular formula is C21H26. The number of aryl methyl sites for hydroxylation is 3. The summed E-state index contributed by atoms with van der Waals surface area (Å²) in [4.78, 5) is 0. The van der Waals surface area contributed by atoms with Crippen molar-refractivity contribution in [3.05, 3.63) is 58.1 Å². The van der Waals surface area contributed by atoms with Gasteiger partial charge in [0.1, 0.15) is 0 Å². The minimum Gasteiger partial charge on any atom is -0.0654 e. The van der Waals surface area contributed by atoms with E-state index >= 15 is 0 Å². The minimum atomic E-state index is 0.633. The smallest absolute Gasteiger partial charge is 0.0119 e. The van der Waals surface area contributed by atoms with Gasteiger partial charge in [-0.25, -0.2) is 0 Å². The zero-order chi connectivity index (χ0) is 15.0. The first kappa shape index (κ1) is 14.4. The van der Waals surface area contributed by atoms with E-state index in [1.807, 2.05) is 0 Å². The van der Waals surface area contributed by atoms with Crippen molar-refractivity contribution in [2.24, 2.45) is 0 Å². The fourth-order valence-corrected chi connectivity index (χ4v) is 3.77. The molecule has 0 aliphatic heterocycles. The lowest BCUT2D eigenvalue weighted by atomic mass is 9.76. The first-order valence-electron chi connectivity index (χ1n) is 8.33. The summed E-state index contributed by atoms with van der Waals surface area (Å²) in [7, 11) is 0.